The number of methoxy groups -OCH3 is 1. The highest BCUT2D eigenvalue weighted by Gasteiger charge is 2.18. The first kappa shape index (κ1) is 18.9. The first-order valence-electron chi connectivity index (χ1n) is 7.85. The zero-order valence-corrected chi connectivity index (χ0v) is 14.1. The third-order valence-electron chi connectivity index (χ3n) is 3.71. The summed E-state index contributed by atoms with van der Waals surface area (Å²) in [6.45, 7) is 0. The lowest BCUT2D eigenvalue weighted by molar-refractivity contribution is -0.385. The third kappa shape index (κ3) is 5.04. The van der Waals surface area contributed by atoms with Gasteiger partial charge < -0.3 is 15.2 Å². The van der Waals surface area contributed by atoms with Gasteiger partial charge in [0.25, 0.3) is 5.91 Å². The number of carboxylic acid groups (broad SMARTS) is 1. The van der Waals surface area contributed by atoms with E-state index >= 15 is 0 Å². The van der Waals surface area contributed by atoms with Crippen LogP contribution >= 0.6 is 0 Å². The van der Waals surface area contributed by atoms with Gasteiger partial charge in [0.05, 0.1) is 12.0 Å². The van der Waals surface area contributed by atoms with Gasteiger partial charge in [-0.3, -0.25) is 19.7 Å². The number of aryl methyl sites for hydroxylation is 1. The number of amides is 1. The molecule has 0 spiro atoms. The van der Waals surface area contributed by atoms with E-state index in [1.165, 1.54) is 19.2 Å². The molecule has 0 aliphatic rings. The number of nitro benzene ring substituents is 1. The molecule has 0 radical (unpaired) electrons. The van der Waals surface area contributed by atoms with Crippen molar-refractivity contribution in [2.24, 2.45) is 0 Å². The molecule has 0 atom stereocenters. The smallest absolute Gasteiger partial charge is 0.311 e. The number of nitrogens with zero attached hydrogens (tertiary/aromatic N) is 1. The number of hydrogen-bond donors (Lipinski definition) is 2. The molecule has 0 unspecified atom stereocenters. The minimum absolute atomic E-state index is 0.0808. The van der Waals surface area contributed by atoms with Gasteiger partial charge in [-0.05, 0) is 42.7 Å². The summed E-state index contributed by atoms with van der Waals surface area (Å²) in [5.74, 6) is -1.23. The predicted octanol–water partition coefficient (Wildman–Crippen LogP) is 3.26. The predicted molar refractivity (Wildman–Crippen MR) is 94.6 cm³/mol. The lowest BCUT2D eigenvalue weighted by Gasteiger charge is -2.08. The van der Waals surface area contributed by atoms with Crippen LogP contribution in [0.5, 0.6) is 5.75 Å². The van der Waals surface area contributed by atoms with Crippen LogP contribution in [-0.4, -0.2) is 29.0 Å². The number of carboxylic acids is 1. The lowest BCUT2D eigenvalue weighted by Crippen LogP contribution is -2.12. The number of nitrogens with one attached hydrogen (secondary N) is 1. The van der Waals surface area contributed by atoms with Crippen molar-refractivity contribution in [3.05, 3.63) is 63.7 Å². The van der Waals surface area contributed by atoms with E-state index in [9.17, 15) is 19.7 Å². The molecule has 0 saturated carbocycles. The molecule has 2 rings (SSSR count). The molecule has 0 aliphatic heterocycles. The fourth-order valence-corrected chi connectivity index (χ4v) is 2.38. The number of aliphatic carboxylic acids is 1. The average molecular weight is 358 g/mol. The van der Waals surface area contributed by atoms with Gasteiger partial charge in [-0.15, -0.1) is 0 Å². The number of nitro groups is 1. The van der Waals surface area contributed by atoms with Crippen molar-refractivity contribution in [2.75, 3.05) is 12.4 Å². The van der Waals surface area contributed by atoms with Gasteiger partial charge in [-0.25, -0.2) is 0 Å². The molecule has 8 nitrogen and oxygen atoms in total. The zero-order valence-electron chi connectivity index (χ0n) is 14.1. The van der Waals surface area contributed by atoms with Crippen LogP contribution in [0.4, 0.5) is 11.4 Å². The molecule has 136 valence electrons. The summed E-state index contributed by atoms with van der Waals surface area (Å²) in [5.41, 5.74) is 1.36. The van der Waals surface area contributed by atoms with Crippen molar-refractivity contribution in [2.45, 2.75) is 19.3 Å². The Bertz CT molecular complexity index is 817. The molecular weight excluding hydrogens is 340 g/mol. The highest BCUT2D eigenvalue weighted by molar-refractivity contribution is 6.04. The van der Waals surface area contributed by atoms with Crippen molar-refractivity contribution < 1.29 is 24.4 Å². The molecule has 0 aliphatic carbocycles. The zero-order chi connectivity index (χ0) is 19.1. The molecular formula is C18H18N2O6. The van der Waals surface area contributed by atoms with Gasteiger partial charge in [-0.2, -0.15) is 0 Å². The summed E-state index contributed by atoms with van der Waals surface area (Å²) >= 11 is 0. The molecule has 26 heavy (non-hydrogen) atoms. The molecule has 8 heteroatoms. The van der Waals surface area contributed by atoms with Gasteiger partial charge in [0.1, 0.15) is 0 Å². The van der Waals surface area contributed by atoms with Gasteiger partial charge >= 0.3 is 11.7 Å². The Balaban J connectivity index is 2.04. The molecule has 2 N–H and O–H groups in total. The van der Waals surface area contributed by atoms with Gasteiger partial charge in [0.2, 0.25) is 0 Å². The van der Waals surface area contributed by atoms with Gasteiger partial charge in [-0.1, -0.05) is 12.1 Å². The largest absolute Gasteiger partial charge is 0.490 e. The molecule has 0 heterocycles. The molecule has 0 fully saturated rings. The molecule has 1 amide bonds. The molecule has 2 aromatic rings. The van der Waals surface area contributed by atoms with E-state index in [2.05, 4.69) is 5.32 Å². The van der Waals surface area contributed by atoms with E-state index in [-0.39, 0.29) is 23.4 Å². The minimum atomic E-state index is -0.831. The molecule has 0 bridgehead atoms. The Morgan fingerprint density at radius 1 is 1.19 bits per heavy atom. The van der Waals surface area contributed by atoms with Crippen molar-refractivity contribution in [3.8, 4) is 5.75 Å². The van der Waals surface area contributed by atoms with Crippen LogP contribution in [0.25, 0.3) is 0 Å². The number of carbonyl (C=O) groups excluding carboxylic acids is 1. The highest BCUT2D eigenvalue weighted by atomic mass is 16.6. The Morgan fingerprint density at radius 3 is 2.46 bits per heavy atom. The Kier molecular flexibility index (Phi) is 6.26. The number of carbonyl (C=O) groups is 2. The number of hydrogen-bond acceptors (Lipinski definition) is 5. The standard InChI is InChI=1S/C18H18N2O6/c1-26-16-10-7-13(11-15(16)20(24)25)18(23)19-14-8-5-12(6-9-14)3-2-4-17(21)22/h5-11H,2-4H2,1H3,(H,19,23)(H,21,22). The monoisotopic (exact) mass is 358 g/mol. The maximum atomic E-state index is 12.3. The number of benzene rings is 2. The second-order valence-electron chi connectivity index (χ2n) is 5.54. The van der Waals surface area contributed by atoms with Gasteiger partial charge in [0, 0.05) is 23.7 Å². The Morgan fingerprint density at radius 2 is 1.88 bits per heavy atom. The van der Waals surface area contributed by atoms with Crippen molar-refractivity contribution in [1.82, 2.24) is 0 Å². The van der Waals surface area contributed by atoms with E-state index in [0.29, 0.717) is 18.5 Å². The van der Waals surface area contributed by atoms with E-state index in [0.717, 1.165) is 11.6 Å². The van der Waals surface area contributed by atoms with Crippen molar-refractivity contribution in [1.29, 1.82) is 0 Å². The fourth-order valence-electron chi connectivity index (χ4n) is 2.38. The summed E-state index contributed by atoms with van der Waals surface area (Å²) in [6.07, 6.45) is 1.27. The second kappa shape index (κ2) is 8.61. The molecule has 2 aromatic carbocycles. The maximum absolute atomic E-state index is 12.3. The number of anilines is 1. The van der Waals surface area contributed by atoms with Crippen LogP contribution in [0.2, 0.25) is 0 Å². The summed E-state index contributed by atoms with van der Waals surface area (Å²) in [5, 5.41) is 22.3. The van der Waals surface area contributed by atoms with Crippen LogP contribution in [0.15, 0.2) is 42.5 Å². The van der Waals surface area contributed by atoms with Crippen LogP contribution in [0.3, 0.4) is 0 Å². The van der Waals surface area contributed by atoms with Crippen LogP contribution in [-0.2, 0) is 11.2 Å². The first-order valence-corrected chi connectivity index (χ1v) is 7.85. The summed E-state index contributed by atoms with van der Waals surface area (Å²) < 4.78 is 4.91. The quantitative estimate of drug-likeness (QED) is 0.552. The van der Waals surface area contributed by atoms with Crippen LogP contribution < -0.4 is 10.1 Å². The fraction of sp³-hybridized carbons (Fsp3) is 0.222. The normalized spacial score (nSPS) is 10.2. The second-order valence-corrected chi connectivity index (χ2v) is 5.54. The summed E-state index contributed by atoms with van der Waals surface area (Å²) in [7, 11) is 1.32. The topological polar surface area (TPSA) is 119 Å². The van der Waals surface area contributed by atoms with E-state index in [1.54, 1.807) is 24.3 Å². The number of ether oxygens (including phenoxy) is 1. The van der Waals surface area contributed by atoms with Crippen molar-refractivity contribution >= 4 is 23.3 Å². The minimum Gasteiger partial charge on any atom is -0.490 e. The summed E-state index contributed by atoms with van der Waals surface area (Å²) in [6, 6.07) is 11.0. The Hall–Kier alpha value is -3.42. The molecule has 0 aromatic heterocycles. The van der Waals surface area contributed by atoms with E-state index < -0.39 is 16.8 Å². The third-order valence-corrected chi connectivity index (χ3v) is 3.71. The molecule has 0 saturated heterocycles. The van der Waals surface area contributed by atoms with Crippen molar-refractivity contribution in [3.63, 3.8) is 0 Å². The number of rotatable bonds is 8. The van der Waals surface area contributed by atoms with E-state index in [1.807, 2.05) is 0 Å². The van der Waals surface area contributed by atoms with Crippen LogP contribution in [0, 0.1) is 10.1 Å². The highest BCUT2D eigenvalue weighted by Crippen LogP contribution is 2.27. The first-order chi connectivity index (χ1) is 12.4. The van der Waals surface area contributed by atoms with E-state index in [4.69, 9.17) is 9.84 Å². The average Bonchev–Trinajstić information content (AvgIpc) is 2.62. The summed E-state index contributed by atoms with van der Waals surface area (Å²) in [4.78, 5) is 33.2. The Labute approximate surface area is 149 Å². The van der Waals surface area contributed by atoms with Crippen LogP contribution in [0.1, 0.15) is 28.8 Å². The van der Waals surface area contributed by atoms with Gasteiger partial charge in [0.15, 0.2) is 5.75 Å². The lowest BCUT2D eigenvalue weighted by atomic mass is 10.1. The SMILES string of the molecule is COc1ccc(C(=O)Nc2ccc(CCCC(=O)O)cc2)cc1[N+](=O)[O-]. The maximum Gasteiger partial charge on any atom is 0.311 e.